The van der Waals surface area contributed by atoms with Crippen LogP contribution in [0.5, 0.6) is 11.5 Å². The summed E-state index contributed by atoms with van der Waals surface area (Å²) in [4.78, 5) is 12.0. The zero-order valence-corrected chi connectivity index (χ0v) is 12.6. The second-order valence-electron chi connectivity index (χ2n) is 5.34. The molecule has 0 radical (unpaired) electrons. The second-order valence-corrected chi connectivity index (χ2v) is 5.34. The summed E-state index contributed by atoms with van der Waals surface area (Å²) >= 11 is 0. The maximum Gasteiger partial charge on any atom is 0.228 e. The first kappa shape index (κ1) is 14.4. The van der Waals surface area contributed by atoms with Gasteiger partial charge in [-0.25, -0.2) is 0 Å². The van der Waals surface area contributed by atoms with Gasteiger partial charge in [0.15, 0.2) is 11.5 Å². The predicted octanol–water partition coefficient (Wildman–Crippen LogP) is 1.65. The Labute approximate surface area is 128 Å². The fourth-order valence-corrected chi connectivity index (χ4v) is 2.58. The molecule has 116 valence electrons. The molecule has 1 aromatic heterocycles. The monoisotopic (exact) mass is 302 g/mol. The van der Waals surface area contributed by atoms with Crippen LogP contribution in [0.15, 0.2) is 28.8 Å². The quantitative estimate of drug-likeness (QED) is 0.929. The molecule has 2 heterocycles. The van der Waals surface area contributed by atoms with Crippen molar-refractivity contribution < 1.29 is 18.8 Å². The minimum absolute atomic E-state index is 0.0591. The Morgan fingerprint density at radius 3 is 3.09 bits per heavy atom. The average molecular weight is 302 g/mol. The molecule has 0 saturated carbocycles. The SMILES string of the molecule is COc1cccc2c1OC[C@@H](NC(=O)Cc1cc(C)no1)C2. The van der Waals surface area contributed by atoms with Crippen LogP contribution in [0.2, 0.25) is 0 Å². The Morgan fingerprint density at radius 2 is 2.36 bits per heavy atom. The number of methoxy groups -OCH3 is 1. The van der Waals surface area contributed by atoms with Gasteiger partial charge >= 0.3 is 0 Å². The van der Waals surface area contributed by atoms with Crippen molar-refractivity contribution >= 4 is 5.91 Å². The molecule has 1 aromatic carbocycles. The van der Waals surface area contributed by atoms with Crippen molar-refractivity contribution in [2.24, 2.45) is 0 Å². The Balaban J connectivity index is 1.61. The van der Waals surface area contributed by atoms with Crippen LogP contribution in [-0.2, 0) is 17.6 Å². The highest BCUT2D eigenvalue weighted by molar-refractivity contribution is 5.78. The topological polar surface area (TPSA) is 73.6 Å². The van der Waals surface area contributed by atoms with E-state index >= 15 is 0 Å². The van der Waals surface area contributed by atoms with Gasteiger partial charge in [0.05, 0.1) is 25.3 Å². The first-order valence-corrected chi connectivity index (χ1v) is 7.16. The number of nitrogens with zero attached hydrogens (tertiary/aromatic N) is 1. The number of benzene rings is 1. The second kappa shape index (κ2) is 6.09. The standard InChI is InChI=1S/C16H18N2O4/c1-10-6-13(22-18-10)8-15(19)17-12-7-11-4-3-5-14(20-2)16(11)21-9-12/h3-6,12H,7-9H2,1-2H3,(H,17,19)/t12-/m0/s1. The number of rotatable bonds is 4. The lowest BCUT2D eigenvalue weighted by Crippen LogP contribution is -2.43. The third kappa shape index (κ3) is 3.05. The molecule has 0 aliphatic carbocycles. The Hall–Kier alpha value is -2.50. The van der Waals surface area contributed by atoms with Gasteiger partial charge < -0.3 is 19.3 Å². The zero-order valence-electron chi connectivity index (χ0n) is 12.6. The Bertz CT molecular complexity index is 681. The molecule has 1 aliphatic rings. The number of ether oxygens (including phenoxy) is 2. The van der Waals surface area contributed by atoms with Crippen LogP contribution in [0, 0.1) is 6.92 Å². The molecule has 1 aliphatic heterocycles. The van der Waals surface area contributed by atoms with Crippen molar-refractivity contribution in [2.45, 2.75) is 25.8 Å². The summed E-state index contributed by atoms with van der Waals surface area (Å²) < 4.78 is 16.1. The van der Waals surface area contributed by atoms with Gasteiger partial charge in [-0.05, 0) is 19.4 Å². The van der Waals surface area contributed by atoms with Crippen LogP contribution in [0.1, 0.15) is 17.0 Å². The summed E-state index contributed by atoms with van der Waals surface area (Å²) in [5.74, 6) is 1.95. The fourth-order valence-electron chi connectivity index (χ4n) is 2.58. The molecule has 22 heavy (non-hydrogen) atoms. The Kier molecular flexibility index (Phi) is 4.00. The van der Waals surface area contributed by atoms with E-state index in [0.717, 1.165) is 22.8 Å². The number of fused-ring (bicyclic) bond motifs is 1. The number of para-hydroxylation sites is 1. The molecule has 1 atom stereocenters. The minimum Gasteiger partial charge on any atom is -0.493 e. The van der Waals surface area contributed by atoms with E-state index in [4.69, 9.17) is 14.0 Å². The third-order valence-electron chi connectivity index (χ3n) is 3.55. The van der Waals surface area contributed by atoms with E-state index < -0.39 is 0 Å². The van der Waals surface area contributed by atoms with Gasteiger partial charge in [0, 0.05) is 11.6 Å². The van der Waals surface area contributed by atoms with Gasteiger partial charge in [0.1, 0.15) is 12.4 Å². The fraction of sp³-hybridized carbons (Fsp3) is 0.375. The van der Waals surface area contributed by atoms with Crippen molar-refractivity contribution in [1.29, 1.82) is 0 Å². The van der Waals surface area contributed by atoms with Gasteiger partial charge in [-0.15, -0.1) is 0 Å². The van der Waals surface area contributed by atoms with Crippen molar-refractivity contribution in [2.75, 3.05) is 13.7 Å². The van der Waals surface area contributed by atoms with E-state index in [2.05, 4.69) is 10.5 Å². The summed E-state index contributed by atoms with van der Waals surface area (Å²) in [6.45, 7) is 2.25. The van der Waals surface area contributed by atoms with E-state index in [1.807, 2.05) is 25.1 Å². The van der Waals surface area contributed by atoms with E-state index in [1.165, 1.54) is 0 Å². The lowest BCUT2D eigenvalue weighted by molar-refractivity contribution is -0.121. The summed E-state index contributed by atoms with van der Waals surface area (Å²) in [6, 6.07) is 7.47. The number of amides is 1. The molecule has 6 nitrogen and oxygen atoms in total. The summed E-state index contributed by atoms with van der Waals surface area (Å²) in [5.41, 5.74) is 1.80. The average Bonchev–Trinajstić information content (AvgIpc) is 2.91. The van der Waals surface area contributed by atoms with Crippen LogP contribution < -0.4 is 14.8 Å². The maximum atomic E-state index is 12.0. The van der Waals surface area contributed by atoms with Crippen molar-refractivity contribution in [3.8, 4) is 11.5 Å². The molecule has 0 fully saturated rings. The molecule has 0 saturated heterocycles. The molecule has 0 bridgehead atoms. The highest BCUT2D eigenvalue weighted by atomic mass is 16.5. The summed E-state index contributed by atoms with van der Waals surface area (Å²) in [6.07, 6.45) is 0.899. The predicted molar refractivity (Wildman–Crippen MR) is 79.1 cm³/mol. The molecule has 1 N–H and O–H groups in total. The normalized spacial score (nSPS) is 16.5. The van der Waals surface area contributed by atoms with Gasteiger partial charge in [0.2, 0.25) is 5.91 Å². The molecule has 1 amide bonds. The van der Waals surface area contributed by atoms with Gasteiger partial charge in [-0.3, -0.25) is 4.79 Å². The van der Waals surface area contributed by atoms with Gasteiger partial charge in [-0.2, -0.15) is 0 Å². The highest BCUT2D eigenvalue weighted by Crippen LogP contribution is 2.34. The zero-order chi connectivity index (χ0) is 15.5. The number of carbonyl (C=O) groups excluding carboxylic acids is 1. The maximum absolute atomic E-state index is 12.0. The number of hydrogen-bond donors (Lipinski definition) is 1. The van der Waals surface area contributed by atoms with Crippen molar-refractivity contribution in [1.82, 2.24) is 10.5 Å². The van der Waals surface area contributed by atoms with Crippen LogP contribution in [0.25, 0.3) is 0 Å². The summed E-state index contributed by atoms with van der Waals surface area (Å²) in [7, 11) is 1.62. The van der Waals surface area contributed by atoms with E-state index in [9.17, 15) is 4.79 Å². The summed E-state index contributed by atoms with van der Waals surface area (Å²) in [5, 5.41) is 6.73. The van der Waals surface area contributed by atoms with E-state index in [1.54, 1.807) is 13.2 Å². The number of aromatic nitrogens is 1. The lowest BCUT2D eigenvalue weighted by atomic mass is 10.0. The molecule has 2 aromatic rings. The van der Waals surface area contributed by atoms with Crippen LogP contribution >= 0.6 is 0 Å². The molecule has 3 rings (SSSR count). The number of nitrogens with one attached hydrogen (secondary N) is 1. The first-order chi connectivity index (χ1) is 10.7. The van der Waals surface area contributed by atoms with Crippen LogP contribution in [-0.4, -0.2) is 30.8 Å². The first-order valence-electron chi connectivity index (χ1n) is 7.16. The molecule has 0 unspecified atom stereocenters. The Morgan fingerprint density at radius 1 is 1.50 bits per heavy atom. The molecular formula is C16H18N2O4. The number of hydrogen-bond acceptors (Lipinski definition) is 5. The number of aryl methyl sites for hydroxylation is 1. The largest absolute Gasteiger partial charge is 0.493 e. The highest BCUT2D eigenvalue weighted by Gasteiger charge is 2.24. The number of carbonyl (C=O) groups is 1. The molecule has 6 heteroatoms. The lowest BCUT2D eigenvalue weighted by Gasteiger charge is -2.27. The van der Waals surface area contributed by atoms with Crippen molar-refractivity contribution in [3.05, 3.63) is 41.3 Å². The van der Waals surface area contributed by atoms with Gasteiger partial charge in [0.25, 0.3) is 0 Å². The minimum atomic E-state index is -0.101. The van der Waals surface area contributed by atoms with E-state index in [0.29, 0.717) is 18.8 Å². The van der Waals surface area contributed by atoms with Crippen LogP contribution in [0.3, 0.4) is 0 Å². The molecule has 0 spiro atoms. The van der Waals surface area contributed by atoms with Crippen LogP contribution in [0.4, 0.5) is 0 Å². The third-order valence-corrected chi connectivity index (χ3v) is 3.55. The molecular weight excluding hydrogens is 284 g/mol. The van der Waals surface area contributed by atoms with E-state index in [-0.39, 0.29) is 18.4 Å². The van der Waals surface area contributed by atoms with Crippen molar-refractivity contribution in [3.63, 3.8) is 0 Å². The van der Waals surface area contributed by atoms with Gasteiger partial charge in [-0.1, -0.05) is 17.3 Å². The smallest absolute Gasteiger partial charge is 0.228 e.